The lowest BCUT2D eigenvalue weighted by atomic mass is 10.2. The Balaban J connectivity index is 2.76. The van der Waals surface area contributed by atoms with E-state index in [4.69, 9.17) is 5.73 Å². The van der Waals surface area contributed by atoms with Gasteiger partial charge in [0, 0.05) is 12.6 Å². The van der Waals surface area contributed by atoms with Crippen LogP contribution in [0.3, 0.4) is 0 Å². The van der Waals surface area contributed by atoms with Gasteiger partial charge in [-0.05, 0) is 25.8 Å². The molecule has 1 fully saturated rings. The second-order valence-corrected chi connectivity index (χ2v) is 5.91. The quantitative estimate of drug-likeness (QED) is 0.722. The lowest BCUT2D eigenvalue weighted by Gasteiger charge is -2.27. The van der Waals surface area contributed by atoms with E-state index in [1.165, 1.54) is 4.31 Å². The van der Waals surface area contributed by atoms with Crippen molar-refractivity contribution < 1.29 is 17.9 Å². The Morgan fingerprint density at radius 1 is 1.44 bits per heavy atom. The third kappa shape index (κ3) is 4.11. The molecule has 0 aliphatic heterocycles. The minimum Gasteiger partial charge on any atom is -0.452 e. The molecule has 0 radical (unpaired) electrons. The highest BCUT2D eigenvalue weighted by Crippen LogP contribution is 2.25. The Bertz CT molecular complexity index is 365. The van der Waals surface area contributed by atoms with Crippen molar-refractivity contribution in [2.24, 2.45) is 5.73 Å². The number of carbonyl (C=O) groups is 1. The summed E-state index contributed by atoms with van der Waals surface area (Å²) in [4.78, 5) is 11.1. The van der Waals surface area contributed by atoms with Crippen molar-refractivity contribution in [3.63, 3.8) is 0 Å². The van der Waals surface area contributed by atoms with Crippen LogP contribution in [0.25, 0.3) is 0 Å². The Morgan fingerprint density at radius 2 is 2.06 bits per heavy atom. The molecule has 1 rings (SSSR count). The molecule has 106 valence electrons. The fourth-order valence-electron chi connectivity index (χ4n) is 2.14. The van der Waals surface area contributed by atoms with E-state index < -0.39 is 16.3 Å². The summed E-state index contributed by atoms with van der Waals surface area (Å²) in [6, 6.07) is -0.0429. The lowest BCUT2D eigenvalue weighted by molar-refractivity contribution is 0.176. The second-order valence-electron chi connectivity index (χ2n) is 4.29. The highest BCUT2D eigenvalue weighted by atomic mass is 32.2. The standard InChI is InChI=1S/C10H21N3O4S/c1-17-10(14)12-18(15,16)13(8-4-7-11)9-5-2-3-6-9/h9H,2-8,11H2,1H3,(H,12,14). The van der Waals surface area contributed by atoms with Crippen LogP contribution in [0, 0.1) is 0 Å². The molecule has 1 aliphatic rings. The van der Waals surface area contributed by atoms with E-state index in [0.717, 1.165) is 32.8 Å². The van der Waals surface area contributed by atoms with E-state index in [9.17, 15) is 13.2 Å². The van der Waals surface area contributed by atoms with Crippen LogP contribution >= 0.6 is 0 Å². The number of nitrogens with zero attached hydrogens (tertiary/aromatic N) is 1. The second kappa shape index (κ2) is 6.91. The molecular formula is C10H21N3O4S. The zero-order valence-electron chi connectivity index (χ0n) is 10.6. The van der Waals surface area contributed by atoms with Crippen molar-refractivity contribution in [1.29, 1.82) is 0 Å². The van der Waals surface area contributed by atoms with Gasteiger partial charge < -0.3 is 10.5 Å². The SMILES string of the molecule is COC(=O)NS(=O)(=O)N(CCCN)C1CCCC1. The predicted molar refractivity (Wildman–Crippen MR) is 67.1 cm³/mol. The minimum absolute atomic E-state index is 0.0429. The van der Waals surface area contributed by atoms with Gasteiger partial charge in [-0.25, -0.2) is 9.52 Å². The van der Waals surface area contributed by atoms with Gasteiger partial charge in [-0.2, -0.15) is 12.7 Å². The topological polar surface area (TPSA) is 102 Å². The highest BCUT2D eigenvalue weighted by Gasteiger charge is 2.32. The lowest BCUT2D eigenvalue weighted by Crippen LogP contribution is -2.48. The van der Waals surface area contributed by atoms with Gasteiger partial charge in [0.2, 0.25) is 0 Å². The number of nitrogens with two attached hydrogens (primary N) is 1. The van der Waals surface area contributed by atoms with Gasteiger partial charge in [-0.1, -0.05) is 12.8 Å². The van der Waals surface area contributed by atoms with Gasteiger partial charge in [0.1, 0.15) is 0 Å². The van der Waals surface area contributed by atoms with Crippen LogP contribution in [0.1, 0.15) is 32.1 Å². The predicted octanol–water partition coefficient (Wildman–Crippen LogP) is 0.181. The summed E-state index contributed by atoms with van der Waals surface area (Å²) >= 11 is 0. The van der Waals surface area contributed by atoms with E-state index in [1.54, 1.807) is 0 Å². The zero-order valence-corrected chi connectivity index (χ0v) is 11.4. The first-order chi connectivity index (χ1) is 8.51. The molecule has 8 heteroatoms. The van der Waals surface area contributed by atoms with Gasteiger partial charge in [0.15, 0.2) is 0 Å². The maximum atomic E-state index is 12.1. The summed E-state index contributed by atoms with van der Waals surface area (Å²) < 4.78 is 31.7. The average Bonchev–Trinajstić information content (AvgIpc) is 2.82. The van der Waals surface area contributed by atoms with E-state index in [2.05, 4.69) is 4.74 Å². The van der Waals surface area contributed by atoms with Crippen molar-refractivity contribution in [3.05, 3.63) is 0 Å². The van der Waals surface area contributed by atoms with Gasteiger partial charge in [0.05, 0.1) is 7.11 Å². The first kappa shape index (κ1) is 15.2. The molecule has 0 aromatic rings. The molecule has 18 heavy (non-hydrogen) atoms. The summed E-state index contributed by atoms with van der Waals surface area (Å²) in [5.41, 5.74) is 5.41. The first-order valence-electron chi connectivity index (χ1n) is 6.09. The van der Waals surface area contributed by atoms with E-state index >= 15 is 0 Å². The molecular weight excluding hydrogens is 258 g/mol. The molecule has 3 N–H and O–H groups in total. The van der Waals surface area contributed by atoms with Gasteiger partial charge in [-0.15, -0.1) is 0 Å². The summed E-state index contributed by atoms with van der Waals surface area (Å²) in [5, 5.41) is 0. The molecule has 0 bridgehead atoms. The molecule has 0 atom stereocenters. The van der Waals surface area contributed by atoms with E-state index in [-0.39, 0.29) is 6.04 Å². The molecule has 1 aliphatic carbocycles. The van der Waals surface area contributed by atoms with Gasteiger partial charge in [0.25, 0.3) is 0 Å². The molecule has 7 nitrogen and oxygen atoms in total. The number of hydrogen-bond donors (Lipinski definition) is 2. The van der Waals surface area contributed by atoms with Gasteiger partial charge in [-0.3, -0.25) is 0 Å². The van der Waals surface area contributed by atoms with Crippen LogP contribution < -0.4 is 10.5 Å². The monoisotopic (exact) mass is 279 g/mol. The normalized spacial score (nSPS) is 17.1. The Kier molecular flexibility index (Phi) is 5.83. The molecule has 0 spiro atoms. The number of methoxy groups -OCH3 is 1. The number of nitrogens with one attached hydrogen (secondary N) is 1. The summed E-state index contributed by atoms with van der Waals surface area (Å²) in [5.74, 6) is 0. The molecule has 0 aromatic heterocycles. The van der Waals surface area contributed by atoms with Crippen molar-refractivity contribution in [1.82, 2.24) is 9.03 Å². The summed E-state index contributed by atoms with van der Waals surface area (Å²) in [7, 11) is -2.71. The largest absolute Gasteiger partial charge is 0.452 e. The molecule has 0 unspecified atom stereocenters. The Morgan fingerprint density at radius 3 is 2.56 bits per heavy atom. The van der Waals surface area contributed by atoms with Crippen LogP contribution in [0.4, 0.5) is 4.79 Å². The minimum atomic E-state index is -3.84. The number of rotatable bonds is 6. The van der Waals surface area contributed by atoms with Crippen molar-refractivity contribution >= 4 is 16.3 Å². The van der Waals surface area contributed by atoms with Crippen LogP contribution in [0.2, 0.25) is 0 Å². The highest BCUT2D eigenvalue weighted by molar-refractivity contribution is 7.87. The third-order valence-electron chi connectivity index (χ3n) is 3.02. The maximum absolute atomic E-state index is 12.1. The number of carbonyl (C=O) groups excluding carboxylic acids is 1. The molecule has 0 saturated heterocycles. The molecule has 1 saturated carbocycles. The molecule has 0 aromatic carbocycles. The third-order valence-corrected chi connectivity index (χ3v) is 4.54. The fourth-order valence-corrected chi connectivity index (χ4v) is 3.53. The van der Waals surface area contributed by atoms with Crippen molar-refractivity contribution in [2.45, 2.75) is 38.1 Å². The average molecular weight is 279 g/mol. The summed E-state index contributed by atoms with van der Waals surface area (Å²) in [6.45, 7) is 0.741. The van der Waals surface area contributed by atoms with Crippen LogP contribution in [0.15, 0.2) is 0 Å². The Hall–Kier alpha value is -0.860. The van der Waals surface area contributed by atoms with Gasteiger partial charge >= 0.3 is 16.3 Å². The smallest absolute Gasteiger partial charge is 0.421 e. The van der Waals surface area contributed by atoms with E-state index in [1.807, 2.05) is 4.72 Å². The van der Waals surface area contributed by atoms with Crippen molar-refractivity contribution in [2.75, 3.05) is 20.2 Å². The molecule has 0 heterocycles. The summed E-state index contributed by atoms with van der Waals surface area (Å²) in [6.07, 6.45) is 3.28. The number of hydrogen-bond acceptors (Lipinski definition) is 5. The van der Waals surface area contributed by atoms with E-state index in [0.29, 0.717) is 19.5 Å². The van der Waals surface area contributed by atoms with Crippen LogP contribution in [-0.4, -0.2) is 45.1 Å². The van der Waals surface area contributed by atoms with Crippen LogP contribution in [0.5, 0.6) is 0 Å². The first-order valence-corrected chi connectivity index (χ1v) is 7.53. The zero-order chi connectivity index (χ0) is 13.6. The van der Waals surface area contributed by atoms with Crippen molar-refractivity contribution in [3.8, 4) is 0 Å². The molecule has 1 amide bonds. The number of amides is 1. The number of ether oxygens (including phenoxy) is 1. The fraction of sp³-hybridized carbons (Fsp3) is 0.900. The Labute approximate surface area is 108 Å². The maximum Gasteiger partial charge on any atom is 0.421 e. The van der Waals surface area contributed by atoms with Crippen LogP contribution in [-0.2, 0) is 14.9 Å².